The highest BCUT2D eigenvalue weighted by molar-refractivity contribution is 5.80. The summed E-state index contributed by atoms with van der Waals surface area (Å²) >= 11 is 0. The summed E-state index contributed by atoms with van der Waals surface area (Å²) in [5, 5.41) is 1.21. The van der Waals surface area contributed by atoms with Gasteiger partial charge < -0.3 is 14.1 Å². The maximum absolute atomic E-state index is 10.9. The van der Waals surface area contributed by atoms with Crippen molar-refractivity contribution in [2.45, 2.75) is 26.2 Å². The minimum atomic E-state index is 0.272. The lowest BCUT2D eigenvalue weighted by Gasteiger charge is -2.15. The minimum Gasteiger partial charge on any atom is -0.464 e. The first-order valence-corrected chi connectivity index (χ1v) is 6.80. The lowest BCUT2D eigenvalue weighted by molar-refractivity contribution is -0.117. The second-order valence-corrected chi connectivity index (χ2v) is 5.12. The molecule has 19 heavy (non-hydrogen) atoms. The molecule has 0 aliphatic carbocycles. The van der Waals surface area contributed by atoms with Crippen LogP contribution in [-0.4, -0.2) is 30.8 Å². The average Bonchev–Trinajstić information content (AvgIpc) is 2.79. The van der Waals surface area contributed by atoms with E-state index in [1.165, 1.54) is 10.9 Å². The van der Waals surface area contributed by atoms with Crippen LogP contribution in [0.25, 0.3) is 11.0 Å². The van der Waals surface area contributed by atoms with E-state index >= 15 is 0 Å². The van der Waals surface area contributed by atoms with Crippen molar-refractivity contribution >= 4 is 16.8 Å². The van der Waals surface area contributed by atoms with Crippen molar-refractivity contribution in [2.24, 2.45) is 0 Å². The lowest BCUT2D eigenvalue weighted by atomic mass is 10.1. The fourth-order valence-electron chi connectivity index (χ4n) is 2.25. The van der Waals surface area contributed by atoms with E-state index in [-0.39, 0.29) is 5.78 Å². The van der Waals surface area contributed by atoms with Crippen LogP contribution < -0.4 is 0 Å². The smallest absolute Gasteiger partial charge is 0.134 e. The first-order chi connectivity index (χ1) is 9.16. The molecule has 0 radical (unpaired) electrons. The van der Waals surface area contributed by atoms with Crippen molar-refractivity contribution in [3.05, 3.63) is 36.1 Å². The fraction of sp³-hybridized carbons (Fsp3) is 0.438. The number of likely N-dealkylation sites (N-methyl/N-ethyl adjacent to an activating group) is 1. The predicted octanol–water partition coefficient (Wildman–Crippen LogP) is 3.28. The fourth-order valence-corrected chi connectivity index (χ4v) is 2.25. The second kappa shape index (κ2) is 6.53. The number of ketones is 1. The molecule has 0 bridgehead atoms. The number of furan rings is 1. The Hall–Kier alpha value is -1.61. The molecule has 3 heteroatoms. The number of rotatable bonds is 7. The number of fused-ring (bicyclic) bond motifs is 1. The van der Waals surface area contributed by atoms with Crippen LogP contribution in [-0.2, 0) is 11.2 Å². The van der Waals surface area contributed by atoms with Gasteiger partial charge in [0.05, 0.1) is 6.26 Å². The zero-order valence-corrected chi connectivity index (χ0v) is 11.7. The van der Waals surface area contributed by atoms with Crippen molar-refractivity contribution in [1.82, 2.24) is 4.90 Å². The molecule has 0 aliphatic rings. The Morgan fingerprint density at radius 3 is 2.84 bits per heavy atom. The molecule has 0 spiro atoms. The van der Waals surface area contributed by atoms with Crippen LogP contribution in [0.15, 0.2) is 34.9 Å². The summed E-state index contributed by atoms with van der Waals surface area (Å²) in [6, 6.07) is 8.13. The Morgan fingerprint density at radius 1 is 1.26 bits per heavy atom. The largest absolute Gasteiger partial charge is 0.464 e. The van der Waals surface area contributed by atoms with Crippen LogP contribution in [0.3, 0.4) is 0 Å². The Bertz CT molecular complexity index is 544. The molecule has 102 valence electrons. The van der Waals surface area contributed by atoms with Crippen LogP contribution in [0.5, 0.6) is 0 Å². The van der Waals surface area contributed by atoms with Gasteiger partial charge in [-0.3, -0.25) is 0 Å². The van der Waals surface area contributed by atoms with Gasteiger partial charge in [-0.25, -0.2) is 0 Å². The molecule has 0 aliphatic heterocycles. The number of benzene rings is 1. The normalized spacial score (nSPS) is 11.3. The first kappa shape index (κ1) is 13.8. The zero-order chi connectivity index (χ0) is 13.7. The van der Waals surface area contributed by atoms with Gasteiger partial charge in [0, 0.05) is 18.4 Å². The number of carbonyl (C=O) groups is 1. The van der Waals surface area contributed by atoms with E-state index in [1.54, 1.807) is 6.92 Å². The molecular weight excluding hydrogens is 238 g/mol. The monoisotopic (exact) mass is 259 g/mol. The molecule has 1 heterocycles. The molecule has 0 amide bonds. The third-order valence-electron chi connectivity index (χ3n) is 3.39. The number of hydrogen-bond donors (Lipinski definition) is 0. The topological polar surface area (TPSA) is 33.5 Å². The maximum Gasteiger partial charge on any atom is 0.134 e. The van der Waals surface area contributed by atoms with Crippen LogP contribution in [0.2, 0.25) is 0 Å². The van der Waals surface area contributed by atoms with Gasteiger partial charge in [-0.2, -0.15) is 0 Å². The van der Waals surface area contributed by atoms with Gasteiger partial charge in [0.25, 0.3) is 0 Å². The Morgan fingerprint density at radius 2 is 2.05 bits per heavy atom. The lowest BCUT2D eigenvalue weighted by Crippen LogP contribution is -2.22. The summed E-state index contributed by atoms with van der Waals surface area (Å²) < 4.78 is 5.53. The molecule has 0 fully saturated rings. The summed E-state index contributed by atoms with van der Waals surface area (Å²) in [7, 11) is 2.10. The summed E-state index contributed by atoms with van der Waals surface area (Å²) in [5.74, 6) is 0.272. The molecule has 0 N–H and O–H groups in total. The predicted molar refractivity (Wildman–Crippen MR) is 77.3 cm³/mol. The van der Waals surface area contributed by atoms with Gasteiger partial charge in [-0.15, -0.1) is 0 Å². The van der Waals surface area contributed by atoms with Crippen LogP contribution in [0.1, 0.15) is 25.3 Å². The van der Waals surface area contributed by atoms with Gasteiger partial charge in [-0.1, -0.05) is 18.2 Å². The van der Waals surface area contributed by atoms with E-state index < -0.39 is 0 Å². The highest BCUT2D eigenvalue weighted by Gasteiger charge is 2.06. The van der Waals surface area contributed by atoms with E-state index in [0.717, 1.165) is 31.5 Å². The van der Waals surface area contributed by atoms with Gasteiger partial charge in [0.2, 0.25) is 0 Å². The van der Waals surface area contributed by atoms with Crippen molar-refractivity contribution < 1.29 is 9.21 Å². The highest BCUT2D eigenvalue weighted by atomic mass is 16.3. The van der Waals surface area contributed by atoms with Gasteiger partial charge >= 0.3 is 0 Å². The summed E-state index contributed by atoms with van der Waals surface area (Å²) in [6.07, 6.45) is 4.46. The number of para-hydroxylation sites is 1. The minimum absolute atomic E-state index is 0.272. The van der Waals surface area contributed by atoms with Crippen molar-refractivity contribution in [3.8, 4) is 0 Å². The number of hydrogen-bond acceptors (Lipinski definition) is 3. The zero-order valence-electron chi connectivity index (χ0n) is 11.7. The van der Waals surface area contributed by atoms with Gasteiger partial charge in [-0.05, 0) is 45.0 Å². The third kappa shape index (κ3) is 3.93. The van der Waals surface area contributed by atoms with E-state index in [1.807, 2.05) is 24.5 Å². The Kier molecular flexibility index (Phi) is 4.74. The first-order valence-electron chi connectivity index (χ1n) is 6.80. The molecule has 0 unspecified atom stereocenters. The standard InChI is InChI=1S/C16H21NO2/c1-13(18)6-5-10-17(2)11-9-14-12-19-16-8-4-3-7-15(14)16/h3-4,7-8,12H,5-6,9-11H2,1-2H3. The van der Waals surface area contributed by atoms with Crippen molar-refractivity contribution in [3.63, 3.8) is 0 Å². The van der Waals surface area contributed by atoms with Crippen molar-refractivity contribution in [2.75, 3.05) is 20.1 Å². The highest BCUT2D eigenvalue weighted by Crippen LogP contribution is 2.21. The molecule has 1 aromatic carbocycles. The number of nitrogens with zero attached hydrogens (tertiary/aromatic N) is 1. The van der Waals surface area contributed by atoms with E-state index in [4.69, 9.17) is 4.42 Å². The molecule has 2 aromatic rings. The summed E-state index contributed by atoms with van der Waals surface area (Å²) in [4.78, 5) is 13.2. The summed E-state index contributed by atoms with van der Waals surface area (Å²) in [6.45, 7) is 3.61. The Balaban J connectivity index is 1.83. The maximum atomic E-state index is 10.9. The van der Waals surface area contributed by atoms with E-state index in [9.17, 15) is 4.79 Å². The van der Waals surface area contributed by atoms with Gasteiger partial charge in [0.15, 0.2) is 0 Å². The molecule has 1 aromatic heterocycles. The van der Waals surface area contributed by atoms with Crippen LogP contribution in [0.4, 0.5) is 0 Å². The van der Waals surface area contributed by atoms with Crippen LogP contribution in [0, 0.1) is 0 Å². The number of carbonyl (C=O) groups excluding carboxylic acids is 1. The molecular formula is C16H21NO2. The Labute approximate surface area is 114 Å². The van der Waals surface area contributed by atoms with E-state index in [2.05, 4.69) is 18.0 Å². The van der Waals surface area contributed by atoms with E-state index in [0.29, 0.717) is 6.42 Å². The molecule has 0 atom stereocenters. The SMILES string of the molecule is CC(=O)CCCN(C)CCc1coc2ccccc12. The van der Waals surface area contributed by atoms with Crippen molar-refractivity contribution in [1.29, 1.82) is 0 Å². The molecule has 3 nitrogen and oxygen atoms in total. The second-order valence-electron chi connectivity index (χ2n) is 5.12. The third-order valence-corrected chi connectivity index (χ3v) is 3.39. The van der Waals surface area contributed by atoms with Crippen LogP contribution >= 0.6 is 0 Å². The van der Waals surface area contributed by atoms with Gasteiger partial charge in [0.1, 0.15) is 11.4 Å². The summed E-state index contributed by atoms with van der Waals surface area (Å²) in [5.41, 5.74) is 2.21. The quantitative estimate of drug-likeness (QED) is 0.765. The molecule has 0 saturated heterocycles. The average molecular weight is 259 g/mol. The molecule has 0 saturated carbocycles. The number of Topliss-reactive ketones (excluding diaryl/α,β-unsaturated/α-hetero) is 1. The molecule has 2 rings (SSSR count).